The van der Waals surface area contributed by atoms with Gasteiger partial charge in [0.1, 0.15) is 5.76 Å². The van der Waals surface area contributed by atoms with Gasteiger partial charge >= 0.3 is 0 Å². The van der Waals surface area contributed by atoms with E-state index in [4.69, 9.17) is 9.40 Å². The molecule has 1 amide bonds. The number of carbonyl (C=O) groups is 1. The molecule has 1 fully saturated rings. The highest BCUT2D eigenvalue weighted by molar-refractivity contribution is 7.91. The average molecular weight is 453 g/mol. The number of nitrogens with zero attached hydrogens (tertiary/aromatic N) is 2. The van der Waals surface area contributed by atoms with Crippen molar-refractivity contribution in [3.05, 3.63) is 77.6 Å². The molecule has 6 nitrogen and oxygen atoms in total. The van der Waals surface area contributed by atoms with Crippen LogP contribution in [0.3, 0.4) is 0 Å². The fourth-order valence-electron chi connectivity index (χ4n) is 4.02. The van der Waals surface area contributed by atoms with Crippen LogP contribution < -0.4 is 0 Å². The van der Waals surface area contributed by atoms with Gasteiger partial charge in [-0.15, -0.1) is 11.3 Å². The number of rotatable bonds is 5. The van der Waals surface area contributed by atoms with Crippen molar-refractivity contribution in [3.63, 3.8) is 0 Å². The Kier molecular flexibility index (Phi) is 5.11. The molecule has 0 aliphatic carbocycles. The first-order valence-electron chi connectivity index (χ1n) is 9.98. The minimum Gasteiger partial charge on any atom is -0.467 e. The molecule has 4 aromatic rings. The van der Waals surface area contributed by atoms with E-state index in [1.165, 1.54) is 0 Å². The Labute approximate surface area is 184 Å². The summed E-state index contributed by atoms with van der Waals surface area (Å²) >= 11 is 1.56. The molecule has 5 rings (SSSR count). The number of carbonyl (C=O) groups excluding carboxylic acids is 1. The van der Waals surface area contributed by atoms with Crippen molar-refractivity contribution in [2.45, 2.75) is 19.0 Å². The molecular formula is C23H20N2O4S2. The van der Waals surface area contributed by atoms with E-state index in [1.807, 2.05) is 47.8 Å². The first-order valence-corrected chi connectivity index (χ1v) is 12.7. The number of fused-ring (bicyclic) bond motifs is 1. The van der Waals surface area contributed by atoms with E-state index in [0.717, 1.165) is 21.5 Å². The Bertz CT molecular complexity index is 1330. The average Bonchev–Trinajstić information content (AvgIpc) is 3.53. The minimum absolute atomic E-state index is 0.0275. The van der Waals surface area contributed by atoms with Crippen molar-refractivity contribution in [3.8, 4) is 10.6 Å². The zero-order valence-electron chi connectivity index (χ0n) is 16.6. The second-order valence-corrected chi connectivity index (χ2v) is 10.8. The van der Waals surface area contributed by atoms with Crippen LogP contribution in [0.25, 0.3) is 21.5 Å². The number of pyridine rings is 1. The van der Waals surface area contributed by atoms with Crippen LogP contribution in [0.5, 0.6) is 0 Å². The zero-order valence-corrected chi connectivity index (χ0v) is 18.2. The van der Waals surface area contributed by atoms with Crippen molar-refractivity contribution < 1.29 is 17.6 Å². The Morgan fingerprint density at radius 1 is 1.16 bits per heavy atom. The van der Waals surface area contributed by atoms with Crippen LogP contribution in [0.4, 0.5) is 0 Å². The fraction of sp³-hybridized carbons (Fsp3) is 0.217. The summed E-state index contributed by atoms with van der Waals surface area (Å²) in [6.45, 7) is 0.219. The minimum atomic E-state index is -3.16. The summed E-state index contributed by atoms with van der Waals surface area (Å²) in [5, 5.41) is 2.72. The molecule has 8 heteroatoms. The molecule has 1 aliphatic heterocycles. The lowest BCUT2D eigenvalue weighted by atomic mass is 10.0. The van der Waals surface area contributed by atoms with Crippen molar-refractivity contribution in [2.24, 2.45) is 0 Å². The van der Waals surface area contributed by atoms with Crippen LogP contribution in [0.2, 0.25) is 0 Å². The molecule has 0 unspecified atom stereocenters. The molecule has 1 saturated heterocycles. The second kappa shape index (κ2) is 7.94. The maximum absolute atomic E-state index is 13.9. The maximum Gasteiger partial charge on any atom is 0.255 e. The maximum atomic E-state index is 13.9. The summed E-state index contributed by atoms with van der Waals surface area (Å²) in [6, 6.07) is 16.4. The number of para-hydroxylation sites is 1. The SMILES string of the molecule is O=C(c1cc(-c2cccs2)nc2ccccc12)N(Cc1ccco1)[C@@H]1CCS(=O)(=O)C1. The predicted molar refractivity (Wildman–Crippen MR) is 121 cm³/mol. The third kappa shape index (κ3) is 4.00. The first-order chi connectivity index (χ1) is 15.0. The third-order valence-corrected chi connectivity index (χ3v) is 8.18. The van der Waals surface area contributed by atoms with Crippen molar-refractivity contribution in [2.75, 3.05) is 11.5 Å². The number of benzene rings is 1. The second-order valence-electron chi connectivity index (χ2n) is 7.62. The van der Waals surface area contributed by atoms with Gasteiger partial charge in [-0.25, -0.2) is 13.4 Å². The Morgan fingerprint density at radius 3 is 2.74 bits per heavy atom. The summed E-state index contributed by atoms with van der Waals surface area (Å²) in [6.07, 6.45) is 1.98. The number of furan rings is 1. The molecular weight excluding hydrogens is 432 g/mol. The molecule has 0 N–H and O–H groups in total. The number of amides is 1. The van der Waals surface area contributed by atoms with Crippen LogP contribution >= 0.6 is 11.3 Å². The van der Waals surface area contributed by atoms with Crippen molar-refractivity contribution in [1.82, 2.24) is 9.88 Å². The molecule has 3 aromatic heterocycles. The van der Waals surface area contributed by atoms with E-state index in [2.05, 4.69) is 0 Å². The summed E-state index contributed by atoms with van der Waals surface area (Å²) < 4.78 is 29.8. The molecule has 31 heavy (non-hydrogen) atoms. The molecule has 0 spiro atoms. The van der Waals surface area contributed by atoms with Crippen LogP contribution in [0.15, 0.2) is 70.7 Å². The zero-order chi connectivity index (χ0) is 21.4. The molecule has 4 heterocycles. The van der Waals surface area contributed by atoms with E-state index in [0.29, 0.717) is 17.7 Å². The standard InChI is InChI=1S/C23H20N2O4S2/c26-23(25(14-17-5-3-10-29-17)16-9-12-31(27,28)15-16)19-13-21(22-8-4-11-30-22)24-20-7-2-1-6-18(19)20/h1-8,10-11,13,16H,9,12,14-15H2/t16-/m1/s1. The highest BCUT2D eigenvalue weighted by Crippen LogP contribution is 2.30. The number of hydrogen-bond acceptors (Lipinski definition) is 6. The normalized spacial score (nSPS) is 17.7. The van der Waals surface area contributed by atoms with Crippen molar-refractivity contribution >= 4 is 38.0 Å². The topological polar surface area (TPSA) is 80.5 Å². The highest BCUT2D eigenvalue weighted by Gasteiger charge is 2.36. The summed E-state index contributed by atoms with van der Waals surface area (Å²) in [5.74, 6) is 0.474. The van der Waals surface area contributed by atoms with Gasteiger partial charge in [0.2, 0.25) is 0 Å². The molecule has 0 saturated carbocycles. The highest BCUT2D eigenvalue weighted by atomic mass is 32.2. The van der Waals surface area contributed by atoms with Gasteiger partial charge in [-0.3, -0.25) is 4.79 Å². The molecule has 1 aliphatic rings. The first kappa shape index (κ1) is 20.0. The van der Waals surface area contributed by atoms with Gasteiger partial charge in [0.25, 0.3) is 5.91 Å². The van der Waals surface area contributed by atoms with Crippen molar-refractivity contribution in [1.29, 1.82) is 0 Å². The van der Waals surface area contributed by atoms with Crippen LogP contribution in [0.1, 0.15) is 22.5 Å². The van der Waals surface area contributed by atoms with Gasteiger partial charge in [0.05, 0.1) is 46.0 Å². The van der Waals surface area contributed by atoms with E-state index in [-0.39, 0.29) is 30.0 Å². The van der Waals surface area contributed by atoms with Gasteiger partial charge in [0, 0.05) is 11.4 Å². The quantitative estimate of drug-likeness (QED) is 0.449. The number of hydrogen-bond donors (Lipinski definition) is 0. The summed E-state index contributed by atoms with van der Waals surface area (Å²) in [4.78, 5) is 21.2. The Hall–Kier alpha value is -2.97. The third-order valence-electron chi connectivity index (χ3n) is 5.54. The van der Waals surface area contributed by atoms with E-state index in [1.54, 1.807) is 34.6 Å². The molecule has 158 valence electrons. The molecule has 1 atom stereocenters. The number of sulfone groups is 1. The predicted octanol–water partition coefficient (Wildman–Crippen LogP) is 4.39. The monoisotopic (exact) mass is 452 g/mol. The summed E-state index contributed by atoms with van der Waals surface area (Å²) in [5.41, 5.74) is 1.98. The lowest BCUT2D eigenvalue weighted by Gasteiger charge is -2.28. The van der Waals surface area contributed by atoms with Gasteiger partial charge in [-0.1, -0.05) is 24.3 Å². The van der Waals surface area contributed by atoms with E-state index >= 15 is 0 Å². The van der Waals surface area contributed by atoms with Crippen LogP contribution in [-0.2, 0) is 16.4 Å². The fourth-order valence-corrected chi connectivity index (χ4v) is 6.43. The van der Waals surface area contributed by atoms with Crippen LogP contribution in [-0.4, -0.2) is 41.8 Å². The lowest BCUT2D eigenvalue weighted by molar-refractivity contribution is 0.0668. The van der Waals surface area contributed by atoms with Gasteiger partial charge in [0.15, 0.2) is 9.84 Å². The lowest BCUT2D eigenvalue weighted by Crippen LogP contribution is -2.40. The molecule has 1 aromatic carbocycles. The smallest absolute Gasteiger partial charge is 0.255 e. The van der Waals surface area contributed by atoms with E-state index < -0.39 is 9.84 Å². The van der Waals surface area contributed by atoms with Gasteiger partial charge in [-0.05, 0) is 42.1 Å². The van der Waals surface area contributed by atoms with E-state index in [9.17, 15) is 13.2 Å². The van der Waals surface area contributed by atoms with Gasteiger partial charge < -0.3 is 9.32 Å². The molecule has 0 bridgehead atoms. The largest absolute Gasteiger partial charge is 0.467 e. The van der Waals surface area contributed by atoms with Gasteiger partial charge in [-0.2, -0.15) is 0 Å². The molecule has 0 radical (unpaired) electrons. The number of aromatic nitrogens is 1. The van der Waals surface area contributed by atoms with Crippen LogP contribution in [0, 0.1) is 0 Å². The Balaban J connectivity index is 1.61. The Morgan fingerprint density at radius 2 is 2.03 bits per heavy atom. The summed E-state index contributed by atoms with van der Waals surface area (Å²) in [7, 11) is -3.16. The number of thiophene rings is 1.